The molecule has 0 N–H and O–H groups in total. The molecule has 0 atom stereocenters. The Bertz CT molecular complexity index is 4720. The summed E-state index contributed by atoms with van der Waals surface area (Å²) >= 11 is 0. The lowest BCUT2D eigenvalue weighted by Gasteiger charge is -2.25. The number of fused-ring (bicyclic) bond motifs is 12. The van der Waals surface area contributed by atoms with Crippen molar-refractivity contribution >= 4 is 87.4 Å². The van der Waals surface area contributed by atoms with Gasteiger partial charge in [-0.2, -0.15) is 5.26 Å². The number of nitriles is 1. The van der Waals surface area contributed by atoms with E-state index in [9.17, 15) is 5.26 Å². The van der Waals surface area contributed by atoms with E-state index in [4.69, 9.17) is 4.42 Å². The van der Waals surface area contributed by atoms with E-state index in [1.165, 1.54) is 54.9 Å². The smallest absolute Gasteiger partial charge is 0.157 e. The van der Waals surface area contributed by atoms with Gasteiger partial charge in [0.25, 0.3) is 0 Å². The van der Waals surface area contributed by atoms with Crippen LogP contribution in [0, 0.1) is 11.3 Å². The van der Waals surface area contributed by atoms with E-state index in [0.717, 1.165) is 88.4 Å². The van der Waals surface area contributed by atoms with Gasteiger partial charge in [-0.3, -0.25) is 0 Å². The van der Waals surface area contributed by atoms with Gasteiger partial charge in [0, 0.05) is 43.3 Å². The van der Waals surface area contributed by atoms with Gasteiger partial charge in [-0.05, 0) is 144 Å². The molecule has 0 unspecified atom stereocenters. The molecular formula is C79H80N4O. The number of aromatic nitrogens is 3. The van der Waals surface area contributed by atoms with E-state index >= 15 is 0 Å². The minimum Gasteiger partial charge on any atom is -0.454 e. The maximum Gasteiger partial charge on any atom is 0.157 e. The lowest BCUT2D eigenvalue weighted by molar-refractivity contribution is 0.590. The fourth-order valence-electron chi connectivity index (χ4n) is 13.2. The highest BCUT2D eigenvalue weighted by atomic mass is 16.3. The van der Waals surface area contributed by atoms with Gasteiger partial charge in [-0.25, -0.2) is 0 Å². The topological polar surface area (TPSA) is 51.7 Å². The van der Waals surface area contributed by atoms with Crippen LogP contribution in [0.25, 0.3) is 116 Å². The van der Waals surface area contributed by atoms with Crippen LogP contribution < -0.4 is 0 Å². The molecule has 0 saturated carbocycles. The molecule has 5 nitrogen and oxygen atoms in total. The predicted molar refractivity (Wildman–Crippen MR) is 359 cm³/mol. The maximum absolute atomic E-state index is 12.6. The maximum atomic E-state index is 12.6. The summed E-state index contributed by atoms with van der Waals surface area (Å²) < 4.78 is 15.1. The molecule has 4 heterocycles. The first-order valence-electron chi connectivity index (χ1n) is 30.2. The van der Waals surface area contributed by atoms with Crippen molar-refractivity contribution in [3.63, 3.8) is 0 Å². The molecule has 0 bridgehead atoms. The van der Waals surface area contributed by atoms with Crippen LogP contribution >= 0.6 is 0 Å². The molecule has 5 heteroatoms. The second-order valence-electron chi connectivity index (χ2n) is 30.3. The van der Waals surface area contributed by atoms with Crippen molar-refractivity contribution in [1.82, 2.24) is 13.7 Å². The molecule has 0 aliphatic heterocycles. The Morgan fingerprint density at radius 1 is 0.310 bits per heavy atom. The minimum absolute atomic E-state index is 0.115. The van der Waals surface area contributed by atoms with Crippen LogP contribution in [0.2, 0.25) is 0 Å². The highest BCUT2D eigenvalue weighted by Crippen LogP contribution is 2.52. The Balaban J connectivity index is 1.37. The first-order chi connectivity index (χ1) is 39.4. The number of furan rings is 1. The predicted octanol–water partition coefficient (Wildman–Crippen LogP) is 22.2. The lowest BCUT2D eigenvalue weighted by atomic mass is 9.85. The Morgan fingerprint density at radius 2 is 0.619 bits per heavy atom. The third kappa shape index (κ3) is 8.52. The van der Waals surface area contributed by atoms with Crippen LogP contribution in [0.15, 0.2) is 162 Å². The Hall–Kier alpha value is -8.33. The molecule has 0 radical (unpaired) electrons. The lowest BCUT2D eigenvalue weighted by Crippen LogP contribution is -2.14. The summed E-state index contributed by atoms with van der Waals surface area (Å²) in [6, 6.07) is 62.6. The average Bonchev–Trinajstić information content (AvgIpc) is 3.62. The summed E-state index contributed by atoms with van der Waals surface area (Å²) in [7, 11) is 0. The number of hydrogen-bond acceptors (Lipinski definition) is 2. The fraction of sp³-hybridized carbons (Fsp3) is 0.304. The van der Waals surface area contributed by atoms with Gasteiger partial charge < -0.3 is 18.1 Å². The van der Waals surface area contributed by atoms with Crippen molar-refractivity contribution in [1.29, 1.82) is 5.26 Å². The minimum atomic E-state index is -0.124. The summed E-state index contributed by atoms with van der Waals surface area (Å²) in [6.45, 7) is 41.5. The SMILES string of the molecule is CC(C)(C)c1ccc2c(c1)c1cc(C(C)(C)C)ccc1n2-c1c(-n2c3ccc(C(C)(C)C)cc3c3cc(C(C)(C)C)ccc32)c(-n2c3ccc(C(C)(C)C)cc3c3cc(C(C)(C)C)ccc32)c2c(oc3c(-c4ccccc4)cccc32)c1C#N. The summed E-state index contributed by atoms with van der Waals surface area (Å²) in [5.41, 5.74) is 19.5. The molecule has 84 heavy (non-hydrogen) atoms. The first-order valence-corrected chi connectivity index (χ1v) is 30.2. The van der Waals surface area contributed by atoms with Crippen LogP contribution in [0.3, 0.4) is 0 Å². The zero-order valence-electron chi connectivity index (χ0n) is 52.7. The van der Waals surface area contributed by atoms with E-state index in [2.05, 4.69) is 302 Å². The summed E-state index contributed by atoms with van der Waals surface area (Å²) in [4.78, 5) is 0. The molecule has 9 aromatic carbocycles. The normalized spacial score (nSPS) is 13.3. The van der Waals surface area contributed by atoms with Gasteiger partial charge in [-0.1, -0.05) is 210 Å². The van der Waals surface area contributed by atoms with Crippen molar-refractivity contribution in [2.45, 2.75) is 157 Å². The molecule has 0 saturated heterocycles. The fourth-order valence-corrected chi connectivity index (χ4v) is 13.2. The number of hydrogen-bond donors (Lipinski definition) is 0. The zero-order valence-corrected chi connectivity index (χ0v) is 52.7. The third-order valence-corrected chi connectivity index (χ3v) is 18.2. The van der Waals surface area contributed by atoms with Gasteiger partial charge >= 0.3 is 0 Å². The molecule has 422 valence electrons. The molecule has 0 spiro atoms. The quantitative estimate of drug-likeness (QED) is 0.176. The molecule has 0 fully saturated rings. The van der Waals surface area contributed by atoms with Gasteiger partial charge in [0.2, 0.25) is 0 Å². The van der Waals surface area contributed by atoms with Crippen LogP contribution in [0.1, 0.15) is 164 Å². The first kappa shape index (κ1) is 54.9. The number of nitrogens with zero attached hydrogens (tertiary/aromatic N) is 4. The molecule has 0 aliphatic rings. The number of benzene rings is 9. The molecule has 0 amide bonds. The van der Waals surface area contributed by atoms with Gasteiger partial charge in [0.15, 0.2) is 5.58 Å². The van der Waals surface area contributed by atoms with Gasteiger partial charge in [0.1, 0.15) is 17.2 Å². The molecule has 4 aromatic heterocycles. The highest BCUT2D eigenvalue weighted by Gasteiger charge is 2.35. The van der Waals surface area contributed by atoms with E-state index < -0.39 is 0 Å². The number of rotatable bonds is 4. The largest absolute Gasteiger partial charge is 0.454 e. The Morgan fingerprint density at radius 3 is 0.929 bits per heavy atom. The van der Waals surface area contributed by atoms with E-state index in [-0.39, 0.29) is 32.5 Å². The Labute approximate surface area is 496 Å². The summed E-state index contributed by atoms with van der Waals surface area (Å²) in [6.07, 6.45) is 0. The van der Waals surface area contributed by atoms with Crippen LogP contribution in [0.5, 0.6) is 0 Å². The monoisotopic (exact) mass is 1100 g/mol. The van der Waals surface area contributed by atoms with Crippen LogP contribution in [-0.4, -0.2) is 13.7 Å². The van der Waals surface area contributed by atoms with Crippen LogP contribution in [-0.2, 0) is 32.5 Å². The van der Waals surface area contributed by atoms with Crippen molar-refractivity contribution in [3.05, 3.63) is 197 Å². The van der Waals surface area contributed by atoms with E-state index in [0.29, 0.717) is 11.1 Å². The average molecular weight is 1100 g/mol. The Kier molecular flexibility index (Phi) is 12.0. The summed E-state index contributed by atoms with van der Waals surface area (Å²) in [5, 5.41) is 21.4. The number of para-hydroxylation sites is 1. The van der Waals surface area contributed by atoms with Crippen molar-refractivity contribution < 1.29 is 4.42 Å². The molecular weight excluding hydrogens is 1020 g/mol. The molecule has 13 rings (SSSR count). The van der Waals surface area contributed by atoms with Gasteiger partial charge in [0.05, 0.1) is 55.5 Å². The zero-order chi connectivity index (χ0) is 59.7. The standard InChI is InChI=1S/C79H80N4O/c1-74(2,3)47-27-33-62-55(39-47)56-40-48(75(4,5)6)28-34-63(56)81(62)69-61(45-80)73-68(54-26-22-25-53(72(54)84-73)46-23-20-19-21-24-46)70(82-64-35-29-49(76(7,8)9)41-57(64)58-42-50(77(10,11)12)30-36-65(58)82)71(69)83-66-37-31-51(78(13,14)15)43-59(66)60-44-52(79(16,17)18)32-38-67(60)83/h19-44H,1-18H3. The van der Waals surface area contributed by atoms with Crippen molar-refractivity contribution in [2.24, 2.45) is 0 Å². The third-order valence-electron chi connectivity index (χ3n) is 18.2. The van der Waals surface area contributed by atoms with Crippen molar-refractivity contribution in [3.8, 4) is 34.3 Å². The van der Waals surface area contributed by atoms with E-state index in [1.807, 2.05) is 0 Å². The van der Waals surface area contributed by atoms with Crippen LogP contribution in [0.4, 0.5) is 0 Å². The highest BCUT2D eigenvalue weighted by molar-refractivity contribution is 6.22. The van der Waals surface area contributed by atoms with E-state index in [1.54, 1.807) is 0 Å². The summed E-state index contributed by atoms with van der Waals surface area (Å²) in [5.74, 6) is 0. The molecule has 0 aliphatic carbocycles. The molecule has 13 aromatic rings. The van der Waals surface area contributed by atoms with Crippen molar-refractivity contribution in [2.75, 3.05) is 0 Å². The van der Waals surface area contributed by atoms with Gasteiger partial charge in [-0.15, -0.1) is 0 Å². The second-order valence-corrected chi connectivity index (χ2v) is 30.3. The second kappa shape index (κ2) is 18.3.